The van der Waals surface area contributed by atoms with E-state index in [1.54, 1.807) is 60.7 Å². The Labute approximate surface area is 149 Å². The standard InChI is InChI=1S/C16H12N2O3.Na/c19-13-16(11-7-3-1-4-8-11,12-9-5-2-6-10-12)14(20)18-15(21)17-13;/h1-10H,(H2,17,18,19,20,21);/q;+1. The number of rotatable bonds is 2. The van der Waals surface area contributed by atoms with E-state index in [-0.39, 0.29) is 29.6 Å². The summed E-state index contributed by atoms with van der Waals surface area (Å²) in [5, 5.41) is 4.38. The van der Waals surface area contributed by atoms with E-state index >= 15 is 0 Å². The Morgan fingerprint density at radius 2 is 1.00 bits per heavy atom. The van der Waals surface area contributed by atoms with Crippen molar-refractivity contribution in [1.82, 2.24) is 10.6 Å². The molecule has 104 valence electrons. The van der Waals surface area contributed by atoms with Gasteiger partial charge in [-0.2, -0.15) is 0 Å². The van der Waals surface area contributed by atoms with Gasteiger partial charge in [-0.1, -0.05) is 60.7 Å². The molecule has 1 saturated heterocycles. The van der Waals surface area contributed by atoms with Crippen molar-refractivity contribution in [3.63, 3.8) is 0 Å². The Morgan fingerprint density at radius 1 is 0.636 bits per heavy atom. The van der Waals surface area contributed by atoms with Crippen molar-refractivity contribution in [2.24, 2.45) is 0 Å². The molecule has 1 aliphatic rings. The maximum atomic E-state index is 12.5. The summed E-state index contributed by atoms with van der Waals surface area (Å²) in [7, 11) is 0. The summed E-state index contributed by atoms with van der Waals surface area (Å²) in [6, 6.07) is 16.6. The molecule has 3 rings (SSSR count). The summed E-state index contributed by atoms with van der Waals surface area (Å²) >= 11 is 0. The Balaban J connectivity index is 0.00000176. The fraction of sp³-hybridized carbons (Fsp3) is 0.0625. The van der Waals surface area contributed by atoms with Crippen LogP contribution in [0.5, 0.6) is 0 Å². The van der Waals surface area contributed by atoms with Gasteiger partial charge in [0.1, 0.15) is 0 Å². The van der Waals surface area contributed by atoms with Crippen molar-refractivity contribution in [3.05, 3.63) is 71.8 Å². The molecule has 6 heteroatoms. The van der Waals surface area contributed by atoms with E-state index in [0.29, 0.717) is 11.1 Å². The third-order valence-corrected chi connectivity index (χ3v) is 3.55. The average molecular weight is 303 g/mol. The average Bonchev–Trinajstić information content (AvgIpc) is 2.49. The normalized spacial score (nSPS) is 16.3. The molecule has 0 aromatic heterocycles. The van der Waals surface area contributed by atoms with Gasteiger partial charge in [-0.25, -0.2) is 4.79 Å². The summed E-state index contributed by atoms with van der Waals surface area (Å²) < 4.78 is 0. The minimum atomic E-state index is -1.56. The maximum absolute atomic E-state index is 12.5. The first kappa shape index (κ1) is 16.4. The smallest absolute Gasteiger partial charge is 0.276 e. The van der Waals surface area contributed by atoms with Crippen molar-refractivity contribution in [1.29, 1.82) is 0 Å². The van der Waals surface area contributed by atoms with Crippen LogP contribution in [0.2, 0.25) is 0 Å². The quantitative estimate of drug-likeness (QED) is 0.515. The molecule has 1 aliphatic heterocycles. The largest absolute Gasteiger partial charge is 1.00 e. The SMILES string of the molecule is O=C1NC(=O)C(c2ccccc2)(c2ccccc2)C(=O)N1.[Na+]. The predicted molar refractivity (Wildman–Crippen MR) is 75.3 cm³/mol. The molecular weight excluding hydrogens is 291 g/mol. The molecule has 1 heterocycles. The van der Waals surface area contributed by atoms with E-state index in [2.05, 4.69) is 10.6 Å². The van der Waals surface area contributed by atoms with Gasteiger partial charge in [0, 0.05) is 0 Å². The van der Waals surface area contributed by atoms with Crippen LogP contribution < -0.4 is 40.2 Å². The molecule has 0 saturated carbocycles. The van der Waals surface area contributed by atoms with Crippen LogP contribution in [0.15, 0.2) is 60.7 Å². The Bertz CT molecular complexity index is 655. The molecule has 0 unspecified atom stereocenters. The number of urea groups is 1. The second-order valence-corrected chi connectivity index (χ2v) is 4.72. The van der Waals surface area contributed by atoms with E-state index in [1.165, 1.54) is 0 Å². The van der Waals surface area contributed by atoms with Crippen LogP contribution in [0, 0.1) is 0 Å². The fourth-order valence-electron chi connectivity index (χ4n) is 2.60. The molecule has 0 bridgehead atoms. The fourth-order valence-corrected chi connectivity index (χ4v) is 2.60. The minimum Gasteiger partial charge on any atom is -0.276 e. The summed E-state index contributed by atoms with van der Waals surface area (Å²) in [6.07, 6.45) is 0. The van der Waals surface area contributed by atoms with Gasteiger partial charge in [-0.3, -0.25) is 20.2 Å². The number of hydrogen-bond acceptors (Lipinski definition) is 3. The molecule has 0 atom stereocenters. The molecule has 5 nitrogen and oxygen atoms in total. The van der Waals surface area contributed by atoms with Crippen LogP contribution >= 0.6 is 0 Å². The number of carbonyl (C=O) groups excluding carboxylic acids is 3. The number of carbonyl (C=O) groups is 3. The van der Waals surface area contributed by atoms with Gasteiger partial charge < -0.3 is 0 Å². The summed E-state index contributed by atoms with van der Waals surface area (Å²) in [6.45, 7) is 0. The first-order chi connectivity index (χ1) is 10.2. The first-order valence-electron chi connectivity index (χ1n) is 6.43. The van der Waals surface area contributed by atoms with Crippen molar-refractivity contribution >= 4 is 17.8 Å². The van der Waals surface area contributed by atoms with Crippen LogP contribution in [0.4, 0.5) is 4.79 Å². The van der Waals surface area contributed by atoms with Crippen LogP contribution in [0.25, 0.3) is 0 Å². The van der Waals surface area contributed by atoms with E-state index in [1.807, 2.05) is 0 Å². The van der Waals surface area contributed by atoms with Crippen LogP contribution in [0.1, 0.15) is 11.1 Å². The second kappa shape index (κ2) is 6.44. The number of amides is 4. The van der Waals surface area contributed by atoms with Gasteiger partial charge >= 0.3 is 35.6 Å². The van der Waals surface area contributed by atoms with Crippen molar-refractivity contribution < 1.29 is 43.9 Å². The molecule has 2 aromatic rings. The predicted octanol–water partition coefficient (Wildman–Crippen LogP) is -1.66. The zero-order chi connectivity index (χ0) is 14.9. The Morgan fingerprint density at radius 3 is 1.36 bits per heavy atom. The van der Waals surface area contributed by atoms with Crippen molar-refractivity contribution in [3.8, 4) is 0 Å². The van der Waals surface area contributed by atoms with E-state index in [9.17, 15) is 14.4 Å². The number of hydrogen-bond donors (Lipinski definition) is 2. The van der Waals surface area contributed by atoms with Gasteiger partial charge in [0.25, 0.3) is 11.8 Å². The van der Waals surface area contributed by atoms with Gasteiger partial charge in [0.15, 0.2) is 5.41 Å². The molecule has 4 amide bonds. The van der Waals surface area contributed by atoms with Gasteiger partial charge in [0.2, 0.25) is 0 Å². The van der Waals surface area contributed by atoms with E-state index < -0.39 is 23.3 Å². The molecule has 0 radical (unpaired) electrons. The molecule has 2 aromatic carbocycles. The summed E-state index contributed by atoms with van der Waals surface area (Å²) in [5.74, 6) is -1.29. The maximum Gasteiger partial charge on any atom is 1.00 e. The van der Waals surface area contributed by atoms with Gasteiger partial charge in [-0.05, 0) is 11.1 Å². The number of nitrogens with one attached hydrogen (secondary N) is 2. The monoisotopic (exact) mass is 303 g/mol. The third kappa shape index (κ3) is 2.47. The molecule has 22 heavy (non-hydrogen) atoms. The number of imide groups is 2. The number of benzene rings is 2. The van der Waals surface area contributed by atoms with E-state index in [0.717, 1.165) is 0 Å². The van der Waals surface area contributed by atoms with Crippen molar-refractivity contribution in [2.75, 3.05) is 0 Å². The Hall–Kier alpha value is -1.95. The van der Waals surface area contributed by atoms with Crippen molar-refractivity contribution in [2.45, 2.75) is 5.41 Å². The first-order valence-corrected chi connectivity index (χ1v) is 6.43. The van der Waals surface area contributed by atoms with Crippen LogP contribution in [-0.4, -0.2) is 17.8 Å². The molecule has 2 N–H and O–H groups in total. The topological polar surface area (TPSA) is 75.3 Å². The number of barbiturate groups is 1. The molecule has 1 fully saturated rings. The second-order valence-electron chi connectivity index (χ2n) is 4.72. The minimum absolute atomic E-state index is 0. The Kier molecular flexibility index (Phi) is 4.81. The van der Waals surface area contributed by atoms with Gasteiger partial charge in [0.05, 0.1) is 0 Å². The van der Waals surface area contributed by atoms with Gasteiger partial charge in [-0.15, -0.1) is 0 Å². The molecule has 0 spiro atoms. The zero-order valence-electron chi connectivity index (χ0n) is 12.0. The third-order valence-electron chi connectivity index (χ3n) is 3.55. The van der Waals surface area contributed by atoms with Crippen LogP contribution in [0.3, 0.4) is 0 Å². The summed E-state index contributed by atoms with van der Waals surface area (Å²) in [5.41, 5.74) is -0.534. The zero-order valence-corrected chi connectivity index (χ0v) is 14.0. The van der Waals surface area contributed by atoms with E-state index in [4.69, 9.17) is 0 Å². The molecular formula is C16H12N2NaO3+. The van der Waals surface area contributed by atoms with Crippen LogP contribution in [-0.2, 0) is 15.0 Å². The molecule has 0 aliphatic carbocycles. The summed E-state index contributed by atoms with van der Waals surface area (Å²) in [4.78, 5) is 36.5.